The molecule has 78 valence electrons. The first-order valence-corrected chi connectivity index (χ1v) is 4.23. The Balaban J connectivity index is 3.11. The summed E-state index contributed by atoms with van der Waals surface area (Å²) >= 11 is 5.72. The van der Waals surface area contributed by atoms with Crippen molar-refractivity contribution in [2.75, 3.05) is 0 Å². The maximum Gasteiger partial charge on any atom is 0.328 e. The van der Waals surface area contributed by atoms with Gasteiger partial charge in [-0.3, -0.25) is 10.1 Å². The smallest absolute Gasteiger partial charge is 0.328 e. The van der Waals surface area contributed by atoms with Crippen LogP contribution in [0.15, 0.2) is 24.3 Å². The Labute approximate surface area is 89.7 Å². The summed E-state index contributed by atoms with van der Waals surface area (Å²) in [4.78, 5) is 20.1. The molecule has 5 nitrogen and oxygen atoms in total. The van der Waals surface area contributed by atoms with Crippen molar-refractivity contribution in [3.8, 4) is 0 Å². The van der Waals surface area contributed by atoms with E-state index in [1.54, 1.807) is 0 Å². The molecule has 0 heterocycles. The van der Waals surface area contributed by atoms with Crippen LogP contribution in [0.3, 0.4) is 0 Å². The summed E-state index contributed by atoms with van der Waals surface area (Å²) in [5.74, 6) is -1.14. The molecular formula is C9H6ClNO4. The van der Waals surface area contributed by atoms with Crippen LogP contribution in [0.5, 0.6) is 0 Å². The van der Waals surface area contributed by atoms with E-state index in [1.807, 2.05) is 0 Å². The lowest BCUT2D eigenvalue weighted by Crippen LogP contribution is -1.90. The lowest BCUT2D eigenvalue weighted by atomic mass is 10.2. The molecule has 0 unspecified atom stereocenters. The van der Waals surface area contributed by atoms with Gasteiger partial charge in [0.15, 0.2) is 0 Å². The third kappa shape index (κ3) is 3.07. The Morgan fingerprint density at radius 2 is 2.20 bits per heavy atom. The van der Waals surface area contributed by atoms with Gasteiger partial charge in [0.05, 0.1) is 4.92 Å². The minimum Gasteiger partial charge on any atom is -0.478 e. The highest BCUT2D eigenvalue weighted by Gasteiger charge is 2.07. The minimum absolute atomic E-state index is 0.135. The van der Waals surface area contributed by atoms with E-state index >= 15 is 0 Å². The number of carboxylic acid groups (broad SMARTS) is 1. The zero-order valence-electron chi connectivity index (χ0n) is 7.38. The van der Waals surface area contributed by atoms with Gasteiger partial charge < -0.3 is 5.11 Å². The lowest BCUT2D eigenvalue weighted by Gasteiger charge is -1.97. The molecule has 1 aromatic carbocycles. The lowest BCUT2D eigenvalue weighted by molar-refractivity contribution is -0.384. The highest BCUT2D eigenvalue weighted by molar-refractivity contribution is 6.32. The van der Waals surface area contributed by atoms with Crippen LogP contribution in [0.25, 0.3) is 6.08 Å². The summed E-state index contributed by atoms with van der Waals surface area (Å²) in [5, 5.41) is 19.1. The first kappa shape index (κ1) is 11.2. The molecule has 15 heavy (non-hydrogen) atoms. The molecule has 0 saturated carbocycles. The maximum absolute atomic E-state index is 10.4. The summed E-state index contributed by atoms with van der Waals surface area (Å²) in [6.45, 7) is 0. The Hall–Kier alpha value is -1.88. The number of nitrogens with zero attached hydrogens (tertiary/aromatic N) is 1. The second-order valence-corrected chi connectivity index (χ2v) is 3.04. The molecule has 0 radical (unpaired) electrons. The summed E-state index contributed by atoms with van der Waals surface area (Å²) in [6.07, 6.45) is 2.07. The van der Waals surface area contributed by atoms with Gasteiger partial charge in [-0.2, -0.15) is 0 Å². The van der Waals surface area contributed by atoms with Gasteiger partial charge in [-0.15, -0.1) is 0 Å². The first-order valence-electron chi connectivity index (χ1n) is 3.85. The van der Waals surface area contributed by atoms with E-state index in [4.69, 9.17) is 16.7 Å². The monoisotopic (exact) mass is 227 g/mol. The van der Waals surface area contributed by atoms with Crippen molar-refractivity contribution in [3.05, 3.63) is 45.0 Å². The molecule has 0 aliphatic rings. The van der Waals surface area contributed by atoms with Crippen molar-refractivity contribution < 1.29 is 14.8 Å². The minimum atomic E-state index is -1.14. The van der Waals surface area contributed by atoms with Crippen LogP contribution in [0, 0.1) is 10.1 Å². The number of nitro groups is 1. The summed E-state index contributed by atoms with van der Waals surface area (Å²) in [6, 6.07) is 3.81. The molecule has 6 heteroatoms. The third-order valence-corrected chi connectivity index (χ3v) is 1.94. The highest BCUT2D eigenvalue weighted by atomic mass is 35.5. The standard InChI is InChI=1S/C9H6ClNO4/c10-8-3-2-7(11(14)15)5-6(8)1-4-9(12)13/h1-5H,(H,12,13). The second-order valence-electron chi connectivity index (χ2n) is 2.63. The van der Waals surface area contributed by atoms with Crippen LogP contribution in [0.4, 0.5) is 5.69 Å². The second kappa shape index (κ2) is 4.56. The molecular weight excluding hydrogens is 222 g/mol. The fraction of sp³-hybridized carbons (Fsp3) is 0. The number of non-ortho nitro benzene ring substituents is 1. The number of aliphatic carboxylic acids is 1. The van der Waals surface area contributed by atoms with Crippen molar-refractivity contribution in [2.45, 2.75) is 0 Å². The van der Waals surface area contributed by atoms with Gasteiger partial charge in [0.25, 0.3) is 5.69 Å². The van der Waals surface area contributed by atoms with Crippen LogP contribution < -0.4 is 0 Å². The van der Waals surface area contributed by atoms with Crippen LogP contribution in [0.2, 0.25) is 5.02 Å². The van der Waals surface area contributed by atoms with E-state index in [0.717, 1.165) is 6.08 Å². The predicted octanol–water partition coefficient (Wildman–Crippen LogP) is 2.35. The van der Waals surface area contributed by atoms with Crippen LogP contribution in [-0.4, -0.2) is 16.0 Å². The average molecular weight is 228 g/mol. The molecule has 1 aromatic rings. The number of halogens is 1. The fourth-order valence-corrected chi connectivity index (χ4v) is 1.11. The van der Waals surface area contributed by atoms with Gasteiger partial charge in [-0.25, -0.2) is 4.79 Å². The highest BCUT2D eigenvalue weighted by Crippen LogP contribution is 2.22. The summed E-state index contributed by atoms with van der Waals surface area (Å²) < 4.78 is 0. The molecule has 0 spiro atoms. The first-order chi connectivity index (χ1) is 7.00. The maximum atomic E-state index is 10.4. The largest absolute Gasteiger partial charge is 0.478 e. The molecule has 1 rings (SSSR count). The zero-order valence-corrected chi connectivity index (χ0v) is 8.14. The molecule has 0 atom stereocenters. The Bertz CT molecular complexity index is 442. The number of hydrogen-bond donors (Lipinski definition) is 1. The quantitative estimate of drug-likeness (QED) is 0.488. The van der Waals surface area contributed by atoms with E-state index in [0.29, 0.717) is 5.56 Å². The van der Waals surface area contributed by atoms with Crippen LogP contribution >= 0.6 is 11.6 Å². The van der Waals surface area contributed by atoms with Gasteiger partial charge in [0.2, 0.25) is 0 Å². The summed E-state index contributed by atoms with van der Waals surface area (Å²) in [7, 11) is 0. The summed E-state index contributed by atoms with van der Waals surface area (Å²) in [5.41, 5.74) is 0.165. The number of rotatable bonds is 3. The molecule has 0 fully saturated rings. The molecule has 0 aromatic heterocycles. The van der Waals surface area contributed by atoms with Gasteiger partial charge in [-0.1, -0.05) is 11.6 Å². The molecule has 0 aliphatic heterocycles. The van der Waals surface area contributed by atoms with E-state index in [1.165, 1.54) is 24.3 Å². The number of nitro benzene ring substituents is 1. The zero-order chi connectivity index (χ0) is 11.4. The van der Waals surface area contributed by atoms with Crippen molar-refractivity contribution in [1.29, 1.82) is 0 Å². The number of carboxylic acids is 1. The van der Waals surface area contributed by atoms with Gasteiger partial charge >= 0.3 is 5.97 Å². The predicted molar refractivity (Wildman–Crippen MR) is 54.8 cm³/mol. The van der Waals surface area contributed by atoms with E-state index in [-0.39, 0.29) is 10.7 Å². The normalized spacial score (nSPS) is 10.5. The molecule has 0 aliphatic carbocycles. The van der Waals surface area contributed by atoms with Crippen molar-refractivity contribution in [2.24, 2.45) is 0 Å². The number of benzene rings is 1. The average Bonchev–Trinajstić information content (AvgIpc) is 2.16. The molecule has 1 N–H and O–H groups in total. The van der Waals surface area contributed by atoms with Gasteiger partial charge in [0.1, 0.15) is 0 Å². The molecule has 0 saturated heterocycles. The Kier molecular flexibility index (Phi) is 3.41. The van der Waals surface area contributed by atoms with Gasteiger partial charge in [0, 0.05) is 28.8 Å². The van der Waals surface area contributed by atoms with Crippen molar-refractivity contribution in [3.63, 3.8) is 0 Å². The van der Waals surface area contributed by atoms with Crippen LogP contribution in [0.1, 0.15) is 5.56 Å². The molecule has 0 amide bonds. The van der Waals surface area contributed by atoms with Crippen molar-refractivity contribution >= 4 is 29.3 Å². The van der Waals surface area contributed by atoms with Crippen molar-refractivity contribution in [1.82, 2.24) is 0 Å². The van der Waals surface area contributed by atoms with E-state index in [9.17, 15) is 14.9 Å². The SMILES string of the molecule is O=C(O)C=Cc1cc([N+](=O)[O-])ccc1Cl. The number of carbonyl (C=O) groups is 1. The van der Waals surface area contributed by atoms with Gasteiger partial charge in [-0.05, 0) is 12.1 Å². The molecule has 0 bridgehead atoms. The Morgan fingerprint density at radius 1 is 1.53 bits per heavy atom. The number of hydrogen-bond acceptors (Lipinski definition) is 3. The third-order valence-electron chi connectivity index (χ3n) is 1.60. The van der Waals surface area contributed by atoms with E-state index in [2.05, 4.69) is 0 Å². The topological polar surface area (TPSA) is 80.4 Å². The fourth-order valence-electron chi connectivity index (χ4n) is 0.933. The van der Waals surface area contributed by atoms with E-state index < -0.39 is 10.9 Å². The Morgan fingerprint density at radius 3 is 2.73 bits per heavy atom. The van der Waals surface area contributed by atoms with Crippen LogP contribution in [-0.2, 0) is 4.79 Å².